The van der Waals surface area contributed by atoms with Crippen molar-refractivity contribution in [1.82, 2.24) is 10.2 Å². The summed E-state index contributed by atoms with van der Waals surface area (Å²) < 4.78 is 39.4. The van der Waals surface area contributed by atoms with Crippen molar-refractivity contribution in [2.24, 2.45) is 0 Å². The van der Waals surface area contributed by atoms with Crippen LogP contribution in [0.1, 0.15) is 29.2 Å². The summed E-state index contributed by atoms with van der Waals surface area (Å²) in [6, 6.07) is 15.3. The van der Waals surface area contributed by atoms with Crippen LogP contribution >= 0.6 is 0 Å². The van der Waals surface area contributed by atoms with Crippen molar-refractivity contribution in [3.8, 4) is 0 Å². The van der Waals surface area contributed by atoms with Crippen LogP contribution in [0.5, 0.6) is 0 Å². The van der Waals surface area contributed by atoms with Crippen LogP contribution in [0.3, 0.4) is 0 Å². The van der Waals surface area contributed by atoms with Gasteiger partial charge in [-0.1, -0.05) is 42.5 Å². The van der Waals surface area contributed by atoms with Crippen molar-refractivity contribution in [1.29, 1.82) is 0 Å². The van der Waals surface area contributed by atoms with Crippen LogP contribution in [0.2, 0.25) is 0 Å². The number of benzene rings is 2. The summed E-state index contributed by atoms with van der Waals surface area (Å²) in [4.78, 5) is 2.27. The van der Waals surface area contributed by atoms with Crippen LogP contribution < -0.4 is 5.32 Å². The lowest BCUT2D eigenvalue weighted by Crippen LogP contribution is -2.33. The molecular weight excluding hydrogens is 313 g/mol. The first kappa shape index (κ1) is 17.0. The van der Waals surface area contributed by atoms with E-state index in [4.69, 9.17) is 0 Å². The van der Waals surface area contributed by atoms with Crippen molar-refractivity contribution >= 4 is 0 Å². The van der Waals surface area contributed by atoms with Crippen molar-refractivity contribution in [2.75, 3.05) is 26.2 Å². The molecule has 1 aliphatic heterocycles. The fourth-order valence-corrected chi connectivity index (χ4v) is 3.26. The minimum atomic E-state index is -4.32. The Kier molecular flexibility index (Phi) is 5.21. The highest BCUT2D eigenvalue weighted by Gasteiger charge is 2.32. The molecule has 1 saturated heterocycles. The summed E-state index contributed by atoms with van der Waals surface area (Å²) >= 11 is 0. The van der Waals surface area contributed by atoms with Gasteiger partial charge in [0.1, 0.15) is 0 Å². The number of halogens is 3. The summed E-state index contributed by atoms with van der Waals surface area (Å²) in [6.45, 7) is 3.47. The molecule has 0 saturated carbocycles. The van der Waals surface area contributed by atoms with E-state index >= 15 is 0 Å². The second-order valence-corrected chi connectivity index (χ2v) is 6.08. The van der Waals surface area contributed by atoms with Gasteiger partial charge in [0.25, 0.3) is 0 Å². The van der Waals surface area contributed by atoms with E-state index in [1.807, 2.05) is 30.3 Å². The summed E-state index contributed by atoms with van der Waals surface area (Å²) in [6.07, 6.45) is -3.33. The highest BCUT2D eigenvalue weighted by Crippen LogP contribution is 2.34. The molecular formula is C19H21F3N2. The zero-order valence-corrected chi connectivity index (χ0v) is 13.4. The smallest absolute Gasteiger partial charge is 0.315 e. The van der Waals surface area contributed by atoms with Crippen molar-refractivity contribution in [3.63, 3.8) is 0 Å². The second kappa shape index (κ2) is 7.36. The SMILES string of the molecule is FC(F)(F)c1cccc([C@H](c2ccccc2)N2CCCNCC2)c1. The topological polar surface area (TPSA) is 15.3 Å². The van der Waals surface area contributed by atoms with E-state index in [9.17, 15) is 13.2 Å². The van der Waals surface area contributed by atoms with Gasteiger partial charge in [0.15, 0.2) is 0 Å². The van der Waals surface area contributed by atoms with Crippen molar-refractivity contribution < 1.29 is 13.2 Å². The molecule has 3 rings (SSSR count). The molecule has 5 heteroatoms. The molecule has 0 aromatic heterocycles. The molecule has 0 bridgehead atoms. The van der Waals surface area contributed by atoms with Gasteiger partial charge in [0, 0.05) is 19.6 Å². The number of hydrogen-bond donors (Lipinski definition) is 1. The number of hydrogen-bond acceptors (Lipinski definition) is 2. The van der Waals surface area contributed by atoms with Gasteiger partial charge in [-0.15, -0.1) is 0 Å². The van der Waals surface area contributed by atoms with Gasteiger partial charge >= 0.3 is 6.18 Å². The van der Waals surface area contributed by atoms with E-state index in [-0.39, 0.29) is 6.04 Å². The van der Waals surface area contributed by atoms with Crippen LogP contribution in [0.4, 0.5) is 13.2 Å². The van der Waals surface area contributed by atoms with Crippen molar-refractivity contribution in [3.05, 3.63) is 71.3 Å². The standard InChI is InChI=1S/C19H21F3N2/c20-19(21,22)17-9-4-8-16(14-17)18(15-6-2-1-3-7-15)24-12-5-10-23-11-13-24/h1-4,6-9,14,18,23H,5,10-13H2/t18-/m0/s1. The largest absolute Gasteiger partial charge is 0.416 e. The number of alkyl halides is 3. The Bertz CT molecular complexity index is 647. The molecule has 24 heavy (non-hydrogen) atoms. The summed E-state index contributed by atoms with van der Waals surface area (Å²) in [5, 5.41) is 3.35. The van der Waals surface area contributed by atoms with Gasteiger partial charge in [0.05, 0.1) is 11.6 Å². The quantitative estimate of drug-likeness (QED) is 0.909. The Balaban J connectivity index is 2.01. The van der Waals surface area contributed by atoms with E-state index in [1.165, 1.54) is 12.1 Å². The first-order chi connectivity index (χ1) is 11.6. The van der Waals surface area contributed by atoms with Gasteiger partial charge in [-0.2, -0.15) is 13.2 Å². The Morgan fingerprint density at radius 2 is 1.62 bits per heavy atom. The summed E-state index contributed by atoms with van der Waals surface area (Å²) in [5.41, 5.74) is 1.13. The maximum absolute atomic E-state index is 13.1. The predicted octanol–water partition coefficient (Wildman–Crippen LogP) is 4.09. The Hall–Kier alpha value is -1.85. The fourth-order valence-electron chi connectivity index (χ4n) is 3.26. The minimum absolute atomic E-state index is 0.159. The average molecular weight is 334 g/mol. The number of nitrogens with zero attached hydrogens (tertiary/aromatic N) is 1. The van der Waals surface area contributed by atoms with Gasteiger partial charge in [0.2, 0.25) is 0 Å². The van der Waals surface area contributed by atoms with Gasteiger partial charge < -0.3 is 5.32 Å². The lowest BCUT2D eigenvalue weighted by atomic mass is 9.95. The maximum Gasteiger partial charge on any atom is 0.416 e. The van der Waals surface area contributed by atoms with Crippen molar-refractivity contribution in [2.45, 2.75) is 18.6 Å². The Morgan fingerprint density at radius 3 is 2.38 bits per heavy atom. The Labute approximate surface area is 140 Å². The predicted molar refractivity (Wildman–Crippen MR) is 88.8 cm³/mol. The fraction of sp³-hybridized carbons (Fsp3) is 0.368. The molecule has 2 aromatic rings. The summed E-state index contributed by atoms with van der Waals surface area (Å²) in [7, 11) is 0. The average Bonchev–Trinajstić information content (AvgIpc) is 2.85. The molecule has 0 amide bonds. The normalized spacial score (nSPS) is 18.1. The minimum Gasteiger partial charge on any atom is -0.315 e. The second-order valence-electron chi connectivity index (χ2n) is 6.08. The van der Waals surface area contributed by atoms with Crippen LogP contribution in [0.25, 0.3) is 0 Å². The molecule has 128 valence electrons. The molecule has 2 aromatic carbocycles. The van der Waals surface area contributed by atoms with E-state index < -0.39 is 11.7 Å². The zero-order valence-electron chi connectivity index (χ0n) is 13.4. The van der Waals surface area contributed by atoms with Crippen LogP contribution in [-0.4, -0.2) is 31.1 Å². The molecule has 1 heterocycles. The van der Waals surface area contributed by atoms with E-state index in [2.05, 4.69) is 10.2 Å². The van der Waals surface area contributed by atoms with Crippen LogP contribution in [0, 0.1) is 0 Å². The van der Waals surface area contributed by atoms with E-state index in [1.54, 1.807) is 6.07 Å². The van der Waals surface area contributed by atoms with Crippen LogP contribution in [0.15, 0.2) is 54.6 Å². The monoisotopic (exact) mass is 334 g/mol. The van der Waals surface area contributed by atoms with E-state index in [0.29, 0.717) is 5.56 Å². The molecule has 2 nitrogen and oxygen atoms in total. The molecule has 0 radical (unpaired) electrons. The maximum atomic E-state index is 13.1. The van der Waals surface area contributed by atoms with Gasteiger partial charge in [-0.3, -0.25) is 4.90 Å². The number of nitrogens with one attached hydrogen (secondary N) is 1. The highest BCUT2D eigenvalue weighted by molar-refractivity contribution is 5.35. The van der Waals surface area contributed by atoms with Gasteiger partial charge in [-0.05, 0) is 36.2 Å². The molecule has 0 spiro atoms. The van der Waals surface area contributed by atoms with E-state index in [0.717, 1.165) is 44.2 Å². The van der Waals surface area contributed by atoms with Gasteiger partial charge in [-0.25, -0.2) is 0 Å². The lowest BCUT2D eigenvalue weighted by molar-refractivity contribution is -0.137. The molecule has 1 N–H and O–H groups in total. The molecule has 1 aliphatic rings. The molecule has 0 aliphatic carbocycles. The molecule has 1 atom stereocenters. The third-order valence-corrected chi connectivity index (χ3v) is 4.38. The number of rotatable bonds is 3. The highest BCUT2D eigenvalue weighted by atomic mass is 19.4. The zero-order chi connectivity index (χ0) is 17.0. The van der Waals surface area contributed by atoms with Crippen LogP contribution in [-0.2, 0) is 6.18 Å². The first-order valence-electron chi connectivity index (χ1n) is 8.22. The summed E-state index contributed by atoms with van der Waals surface area (Å²) in [5.74, 6) is 0. The molecule has 1 fully saturated rings. The third kappa shape index (κ3) is 3.97. The molecule has 0 unspecified atom stereocenters. The third-order valence-electron chi connectivity index (χ3n) is 4.38. The first-order valence-corrected chi connectivity index (χ1v) is 8.22. The Morgan fingerprint density at radius 1 is 0.875 bits per heavy atom. The lowest BCUT2D eigenvalue weighted by Gasteiger charge is -2.31.